The minimum Gasteiger partial charge on any atom is -0.325 e. The van der Waals surface area contributed by atoms with Gasteiger partial charge < -0.3 is 4.90 Å². The molecule has 1 aliphatic heterocycles. The lowest BCUT2D eigenvalue weighted by Gasteiger charge is -2.29. The molecule has 2 aromatic rings. The number of rotatable bonds is 3. The van der Waals surface area contributed by atoms with Gasteiger partial charge in [0.1, 0.15) is 44.4 Å². The van der Waals surface area contributed by atoms with Gasteiger partial charge in [-0.2, -0.15) is 5.26 Å². The van der Waals surface area contributed by atoms with Crippen LogP contribution in [0.3, 0.4) is 0 Å². The van der Waals surface area contributed by atoms with Crippen LogP contribution in [-0.2, 0) is 6.54 Å². The standard InChI is InChI=1S/C19H21ClN4/c1-14-11-15(2)22-19(18(14)12-21)24-9-7-23(8-10-24)13-16-3-5-17(20)6-4-16/h3-6,11H,7-10,13H2,1-2H3/p+2. The molecule has 1 fully saturated rings. The summed E-state index contributed by atoms with van der Waals surface area (Å²) in [5.41, 5.74) is 4.22. The van der Waals surface area contributed by atoms with Crippen LogP contribution in [0.1, 0.15) is 22.4 Å². The van der Waals surface area contributed by atoms with Crippen molar-refractivity contribution in [2.75, 3.05) is 31.1 Å². The van der Waals surface area contributed by atoms with E-state index >= 15 is 0 Å². The number of halogens is 1. The zero-order chi connectivity index (χ0) is 17.1. The van der Waals surface area contributed by atoms with E-state index in [2.05, 4.69) is 28.1 Å². The number of nitrogens with zero attached hydrogens (tertiary/aromatic N) is 2. The molecule has 0 saturated carbocycles. The molecule has 0 bridgehead atoms. The van der Waals surface area contributed by atoms with E-state index in [0.717, 1.165) is 60.4 Å². The number of pyridine rings is 1. The smallest absolute Gasteiger partial charge is 0.293 e. The minimum absolute atomic E-state index is 0.766. The molecule has 0 aliphatic carbocycles. The molecule has 24 heavy (non-hydrogen) atoms. The Balaban J connectivity index is 1.67. The van der Waals surface area contributed by atoms with Crippen molar-refractivity contribution >= 4 is 17.4 Å². The van der Waals surface area contributed by atoms with E-state index in [1.165, 1.54) is 5.56 Å². The van der Waals surface area contributed by atoms with Gasteiger partial charge in [0, 0.05) is 10.6 Å². The molecule has 5 heteroatoms. The van der Waals surface area contributed by atoms with Crippen molar-refractivity contribution in [1.29, 1.82) is 5.26 Å². The molecular formula is C19H23ClN4+2. The second kappa shape index (κ2) is 7.21. The molecule has 0 spiro atoms. The van der Waals surface area contributed by atoms with Crippen LogP contribution in [0.15, 0.2) is 30.3 Å². The Labute approximate surface area is 148 Å². The van der Waals surface area contributed by atoms with Crippen LogP contribution in [0.5, 0.6) is 0 Å². The quantitative estimate of drug-likeness (QED) is 0.920. The summed E-state index contributed by atoms with van der Waals surface area (Å²) in [5, 5.41) is 10.3. The fourth-order valence-corrected chi connectivity index (χ4v) is 3.49. The first-order valence-electron chi connectivity index (χ1n) is 8.33. The maximum Gasteiger partial charge on any atom is 0.293 e. The number of quaternary nitrogens is 1. The Morgan fingerprint density at radius 3 is 2.50 bits per heavy atom. The maximum absolute atomic E-state index is 9.48. The van der Waals surface area contributed by atoms with E-state index in [1.807, 2.05) is 32.0 Å². The number of hydrogen-bond donors (Lipinski definition) is 1. The average molecular weight is 343 g/mol. The SMILES string of the molecule is Cc1cc(C)c(C#N)c(N2CC[NH+](Cc3ccc(Cl)cc3)CC2)[nH+]1. The Kier molecular flexibility index (Phi) is 5.03. The van der Waals surface area contributed by atoms with Crippen molar-refractivity contribution in [3.05, 3.63) is 57.7 Å². The lowest BCUT2D eigenvalue weighted by Crippen LogP contribution is -3.13. The zero-order valence-corrected chi connectivity index (χ0v) is 15.0. The first kappa shape index (κ1) is 16.8. The van der Waals surface area contributed by atoms with Crippen LogP contribution in [0, 0.1) is 25.2 Å². The minimum atomic E-state index is 0.766. The van der Waals surface area contributed by atoms with Gasteiger partial charge in [-0.25, -0.2) is 9.88 Å². The summed E-state index contributed by atoms with van der Waals surface area (Å²) in [7, 11) is 0. The number of nitriles is 1. The molecule has 1 aliphatic rings. The van der Waals surface area contributed by atoms with Crippen LogP contribution < -0.4 is 14.8 Å². The highest BCUT2D eigenvalue weighted by atomic mass is 35.5. The average Bonchev–Trinajstić information content (AvgIpc) is 2.57. The van der Waals surface area contributed by atoms with E-state index in [-0.39, 0.29) is 0 Å². The fourth-order valence-electron chi connectivity index (χ4n) is 3.36. The number of aromatic nitrogens is 1. The summed E-state index contributed by atoms with van der Waals surface area (Å²) in [6, 6.07) is 12.5. The summed E-state index contributed by atoms with van der Waals surface area (Å²) < 4.78 is 0. The highest BCUT2D eigenvalue weighted by Gasteiger charge is 2.29. The van der Waals surface area contributed by atoms with Crippen molar-refractivity contribution in [3.63, 3.8) is 0 Å². The van der Waals surface area contributed by atoms with E-state index < -0.39 is 0 Å². The van der Waals surface area contributed by atoms with Crippen LogP contribution in [-0.4, -0.2) is 26.2 Å². The third-order valence-electron chi connectivity index (χ3n) is 4.65. The van der Waals surface area contributed by atoms with E-state index in [4.69, 9.17) is 11.6 Å². The van der Waals surface area contributed by atoms with Crippen LogP contribution in [0.25, 0.3) is 0 Å². The first-order valence-corrected chi connectivity index (χ1v) is 8.71. The summed E-state index contributed by atoms with van der Waals surface area (Å²) in [6.45, 7) is 9.11. The summed E-state index contributed by atoms with van der Waals surface area (Å²) in [5.74, 6) is 0.973. The van der Waals surface area contributed by atoms with Gasteiger partial charge in [0.25, 0.3) is 5.82 Å². The Bertz CT molecular complexity index is 756. The molecular weight excluding hydrogens is 320 g/mol. The molecule has 1 aromatic carbocycles. The van der Waals surface area contributed by atoms with Crippen LogP contribution in [0.4, 0.5) is 5.82 Å². The number of hydrogen-bond acceptors (Lipinski definition) is 2. The van der Waals surface area contributed by atoms with E-state index in [0.29, 0.717) is 0 Å². The third kappa shape index (κ3) is 3.69. The van der Waals surface area contributed by atoms with Gasteiger partial charge in [-0.15, -0.1) is 0 Å². The van der Waals surface area contributed by atoms with Crippen LogP contribution in [0.2, 0.25) is 5.02 Å². The number of H-pyrrole nitrogens is 1. The lowest BCUT2D eigenvalue weighted by atomic mass is 10.1. The summed E-state index contributed by atoms with van der Waals surface area (Å²) in [6.07, 6.45) is 0. The molecule has 0 unspecified atom stereocenters. The largest absolute Gasteiger partial charge is 0.325 e. The maximum atomic E-state index is 9.48. The molecule has 3 rings (SSSR count). The number of piperazine rings is 1. The molecule has 1 saturated heterocycles. The molecule has 0 radical (unpaired) electrons. The predicted molar refractivity (Wildman–Crippen MR) is 95.3 cm³/mol. The second-order valence-electron chi connectivity index (χ2n) is 6.51. The normalized spacial score (nSPS) is 15.3. The van der Waals surface area contributed by atoms with Gasteiger partial charge in [0.05, 0.1) is 5.69 Å². The summed E-state index contributed by atoms with van der Waals surface area (Å²) >= 11 is 5.95. The second-order valence-corrected chi connectivity index (χ2v) is 6.95. The molecule has 4 nitrogen and oxygen atoms in total. The monoisotopic (exact) mass is 342 g/mol. The number of aromatic amines is 1. The van der Waals surface area contributed by atoms with Gasteiger partial charge in [0.15, 0.2) is 0 Å². The van der Waals surface area contributed by atoms with Gasteiger partial charge >= 0.3 is 0 Å². The number of nitrogens with one attached hydrogen (secondary N) is 2. The highest BCUT2D eigenvalue weighted by molar-refractivity contribution is 6.30. The van der Waals surface area contributed by atoms with Gasteiger partial charge in [-0.3, -0.25) is 0 Å². The number of aryl methyl sites for hydroxylation is 2. The Morgan fingerprint density at radius 1 is 1.21 bits per heavy atom. The first-order chi connectivity index (χ1) is 11.6. The summed E-state index contributed by atoms with van der Waals surface area (Å²) in [4.78, 5) is 7.26. The fraction of sp³-hybridized carbons (Fsp3) is 0.368. The molecule has 0 atom stereocenters. The van der Waals surface area contributed by atoms with Crippen molar-refractivity contribution in [2.45, 2.75) is 20.4 Å². The van der Waals surface area contributed by atoms with Gasteiger partial charge in [0.2, 0.25) is 0 Å². The molecule has 2 N–H and O–H groups in total. The van der Waals surface area contributed by atoms with Crippen molar-refractivity contribution < 1.29 is 9.88 Å². The molecule has 124 valence electrons. The topological polar surface area (TPSA) is 45.6 Å². The van der Waals surface area contributed by atoms with E-state index in [9.17, 15) is 5.26 Å². The molecule has 0 amide bonds. The van der Waals surface area contributed by atoms with Crippen molar-refractivity contribution in [2.24, 2.45) is 0 Å². The number of benzene rings is 1. The zero-order valence-electron chi connectivity index (χ0n) is 14.2. The highest BCUT2D eigenvalue weighted by Crippen LogP contribution is 2.18. The van der Waals surface area contributed by atoms with Crippen molar-refractivity contribution in [1.82, 2.24) is 0 Å². The van der Waals surface area contributed by atoms with E-state index in [1.54, 1.807) is 4.90 Å². The lowest BCUT2D eigenvalue weighted by molar-refractivity contribution is -0.914. The van der Waals surface area contributed by atoms with Crippen molar-refractivity contribution in [3.8, 4) is 6.07 Å². The molecule has 1 aromatic heterocycles. The van der Waals surface area contributed by atoms with Crippen LogP contribution >= 0.6 is 11.6 Å². The Hall–Kier alpha value is -2.09. The predicted octanol–water partition coefficient (Wildman–Crippen LogP) is 1.55. The van der Waals surface area contributed by atoms with Gasteiger partial charge in [-0.05, 0) is 37.6 Å². The molecule has 2 heterocycles. The van der Waals surface area contributed by atoms with Gasteiger partial charge in [-0.1, -0.05) is 23.7 Å². The Morgan fingerprint density at radius 2 is 1.88 bits per heavy atom. The number of anilines is 1. The third-order valence-corrected chi connectivity index (χ3v) is 4.90.